The molecule has 0 radical (unpaired) electrons. The van der Waals surface area contributed by atoms with Gasteiger partial charge < -0.3 is 5.32 Å². The number of hydrogen-bond acceptors (Lipinski definition) is 3. The van der Waals surface area contributed by atoms with Crippen molar-refractivity contribution in [2.24, 2.45) is 0 Å². The molecule has 0 aliphatic heterocycles. The molecule has 5 heteroatoms. The van der Waals surface area contributed by atoms with E-state index in [0.717, 1.165) is 27.3 Å². The fraction of sp³-hybridized carbons (Fsp3) is 0.143. The van der Waals surface area contributed by atoms with Gasteiger partial charge in [0.25, 0.3) is 0 Å². The van der Waals surface area contributed by atoms with E-state index < -0.39 is 0 Å². The van der Waals surface area contributed by atoms with Crippen molar-refractivity contribution in [2.45, 2.75) is 13.6 Å². The summed E-state index contributed by atoms with van der Waals surface area (Å²) in [6.45, 7) is 2.54. The molecule has 0 spiro atoms. The molecule has 2 aromatic carbocycles. The molecule has 3 aromatic rings. The summed E-state index contributed by atoms with van der Waals surface area (Å²) >= 11 is 6.09. The Kier molecular flexibility index (Phi) is 3.09. The van der Waals surface area contributed by atoms with Gasteiger partial charge in [0, 0.05) is 10.7 Å². The number of halogens is 1. The highest BCUT2D eigenvalue weighted by Gasteiger charge is 2.03. The summed E-state index contributed by atoms with van der Waals surface area (Å²) in [5.74, 6) is 0. The summed E-state index contributed by atoms with van der Waals surface area (Å²) < 4.78 is 1.82. The lowest BCUT2D eigenvalue weighted by Crippen LogP contribution is -2.09. The van der Waals surface area contributed by atoms with Crippen molar-refractivity contribution in [3.8, 4) is 0 Å². The zero-order chi connectivity index (χ0) is 13.2. The molecule has 3 rings (SSSR count). The van der Waals surface area contributed by atoms with Gasteiger partial charge in [0.1, 0.15) is 12.2 Å². The van der Waals surface area contributed by atoms with Crippen molar-refractivity contribution in [1.29, 1.82) is 0 Å². The van der Waals surface area contributed by atoms with Crippen LogP contribution in [0.1, 0.15) is 5.56 Å². The Morgan fingerprint density at radius 1 is 1.21 bits per heavy atom. The molecule has 96 valence electrons. The first-order valence-corrected chi connectivity index (χ1v) is 6.40. The molecule has 4 nitrogen and oxygen atoms in total. The van der Waals surface area contributed by atoms with E-state index in [9.17, 15) is 0 Å². The molecular weight excluding hydrogens is 260 g/mol. The lowest BCUT2D eigenvalue weighted by molar-refractivity contribution is 0.655. The molecule has 1 N–H and O–H groups in total. The molecule has 0 fully saturated rings. The molecule has 19 heavy (non-hydrogen) atoms. The van der Waals surface area contributed by atoms with Gasteiger partial charge in [-0.15, -0.1) is 5.10 Å². The molecule has 1 heterocycles. The Morgan fingerprint density at radius 2 is 2.05 bits per heavy atom. The first kappa shape index (κ1) is 12.0. The van der Waals surface area contributed by atoms with Crippen LogP contribution in [0.2, 0.25) is 5.02 Å². The van der Waals surface area contributed by atoms with Gasteiger partial charge in [-0.3, -0.25) is 0 Å². The molecule has 1 aromatic heterocycles. The number of aromatic nitrogens is 3. The second-order valence-electron chi connectivity index (χ2n) is 4.38. The van der Waals surface area contributed by atoms with E-state index in [1.165, 1.54) is 0 Å². The minimum Gasteiger partial charge on any atom is -0.366 e. The van der Waals surface area contributed by atoms with Gasteiger partial charge >= 0.3 is 0 Å². The maximum Gasteiger partial charge on any atom is 0.113 e. The SMILES string of the molecule is Cc1ccc(NCn2nnc3ccccc32)cc1Cl. The van der Waals surface area contributed by atoms with Crippen molar-refractivity contribution in [2.75, 3.05) is 5.32 Å². The van der Waals surface area contributed by atoms with Gasteiger partial charge in [0.05, 0.1) is 5.52 Å². The van der Waals surface area contributed by atoms with Gasteiger partial charge in [-0.05, 0) is 36.8 Å². The van der Waals surface area contributed by atoms with E-state index in [-0.39, 0.29) is 0 Å². The fourth-order valence-electron chi connectivity index (χ4n) is 1.90. The Hall–Kier alpha value is -2.07. The van der Waals surface area contributed by atoms with Gasteiger partial charge in [0.2, 0.25) is 0 Å². The molecule has 0 atom stereocenters. The molecule has 0 saturated carbocycles. The van der Waals surface area contributed by atoms with Crippen LogP contribution in [0.3, 0.4) is 0 Å². The number of nitrogens with zero attached hydrogens (tertiary/aromatic N) is 3. The zero-order valence-electron chi connectivity index (χ0n) is 10.5. The molecular formula is C14H13ClN4. The maximum atomic E-state index is 6.09. The zero-order valence-corrected chi connectivity index (χ0v) is 11.2. The third kappa shape index (κ3) is 2.39. The van der Waals surface area contributed by atoms with Crippen LogP contribution < -0.4 is 5.32 Å². The molecule has 0 amide bonds. The van der Waals surface area contributed by atoms with E-state index in [1.807, 2.05) is 54.1 Å². The number of nitrogens with one attached hydrogen (secondary N) is 1. The van der Waals surface area contributed by atoms with Crippen molar-refractivity contribution in [3.05, 3.63) is 53.1 Å². The van der Waals surface area contributed by atoms with Crippen LogP contribution in [0.15, 0.2) is 42.5 Å². The van der Waals surface area contributed by atoms with Gasteiger partial charge in [-0.1, -0.05) is 35.0 Å². The third-order valence-electron chi connectivity index (χ3n) is 3.03. The van der Waals surface area contributed by atoms with Crippen LogP contribution >= 0.6 is 11.6 Å². The highest BCUT2D eigenvalue weighted by molar-refractivity contribution is 6.31. The number of benzene rings is 2. The third-order valence-corrected chi connectivity index (χ3v) is 3.43. The van der Waals surface area contributed by atoms with Crippen molar-refractivity contribution >= 4 is 28.3 Å². The fourth-order valence-corrected chi connectivity index (χ4v) is 2.08. The number of hydrogen-bond donors (Lipinski definition) is 1. The predicted molar refractivity (Wildman–Crippen MR) is 77.3 cm³/mol. The summed E-state index contributed by atoms with van der Waals surface area (Å²) in [4.78, 5) is 0. The smallest absolute Gasteiger partial charge is 0.113 e. The molecule has 0 saturated heterocycles. The van der Waals surface area contributed by atoms with E-state index in [1.54, 1.807) is 0 Å². The van der Waals surface area contributed by atoms with Crippen molar-refractivity contribution in [1.82, 2.24) is 15.0 Å². The second kappa shape index (κ2) is 4.90. The Morgan fingerprint density at radius 3 is 2.89 bits per heavy atom. The summed E-state index contributed by atoms with van der Waals surface area (Å²) in [5, 5.41) is 12.3. The topological polar surface area (TPSA) is 42.7 Å². The summed E-state index contributed by atoms with van der Waals surface area (Å²) in [5.41, 5.74) is 3.94. The standard InChI is InChI=1S/C14H13ClN4/c1-10-6-7-11(8-12(10)15)16-9-19-14-5-3-2-4-13(14)17-18-19/h2-8,16H,9H2,1H3. The van der Waals surface area contributed by atoms with E-state index in [0.29, 0.717) is 6.67 Å². The number of fused-ring (bicyclic) bond motifs is 1. The molecule has 0 bridgehead atoms. The Labute approximate surface area is 116 Å². The summed E-state index contributed by atoms with van der Waals surface area (Å²) in [6, 6.07) is 13.8. The monoisotopic (exact) mass is 272 g/mol. The number of para-hydroxylation sites is 1. The van der Waals surface area contributed by atoms with Gasteiger partial charge in [-0.2, -0.15) is 0 Å². The highest BCUT2D eigenvalue weighted by atomic mass is 35.5. The average Bonchev–Trinajstić information content (AvgIpc) is 2.83. The highest BCUT2D eigenvalue weighted by Crippen LogP contribution is 2.20. The minimum absolute atomic E-state index is 0.555. The van der Waals surface area contributed by atoms with Crippen LogP contribution in [-0.2, 0) is 6.67 Å². The number of aryl methyl sites for hydroxylation is 1. The summed E-state index contributed by atoms with van der Waals surface area (Å²) in [7, 11) is 0. The first-order valence-electron chi connectivity index (χ1n) is 6.02. The van der Waals surface area contributed by atoms with E-state index in [4.69, 9.17) is 11.6 Å². The van der Waals surface area contributed by atoms with Crippen molar-refractivity contribution < 1.29 is 0 Å². The summed E-state index contributed by atoms with van der Waals surface area (Å²) in [6.07, 6.45) is 0. The van der Waals surface area contributed by atoms with E-state index >= 15 is 0 Å². The van der Waals surface area contributed by atoms with Gasteiger partial charge in [0.15, 0.2) is 0 Å². The Bertz CT molecular complexity index is 720. The van der Waals surface area contributed by atoms with Crippen LogP contribution in [0.5, 0.6) is 0 Å². The van der Waals surface area contributed by atoms with Crippen molar-refractivity contribution in [3.63, 3.8) is 0 Å². The number of rotatable bonds is 3. The predicted octanol–water partition coefficient (Wildman–Crippen LogP) is 3.46. The van der Waals surface area contributed by atoms with Crippen LogP contribution in [0.25, 0.3) is 11.0 Å². The lowest BCUT2D eigenvalue weighted by Gasteiger charge is -2.08. The molecule has 0 aliphatic carbocycles. The largest absolute Gasteiger partial charge is 0.366 e. The maximum absolute atomic E-state index is 6.09. The second-order valence-corrected chi connectivity index (χ2v) is 4.78. The normalized spacial score (nSPS) is 10.8. The molecule has 0 unspecified atom stereocenters. The quantitative estimate of drug-likeness (QED) is 0.794. The minimum atomic E-state index is 0.555. The van der Waals surface area contributed by atoms with Crippen LogP contribution in [0, 0.1) is 6.92 Å². The average molecular weight is 273 g/mol. The van der Waals surface area contributed by atoms with E-state index in [2.05, 4.69) is 15.6 Å². The lowest BCUT2D eigenvalue weighted by atomic mass is 10.2. The van der Waals surface area contributed by atoms with Crippen LogP contribution in [-0.4, -0.2) is 15.0 Å². The Balaban J connectivity index is 1.80. The first-order chi connectivity index (χ1) is 9.24. The van der Waals surface area contributed by atoms with Gasteiger partial charge in [-0.25, -0.2) is 4.68 Å². The van der Waals surface area contributed by atoms with Crippen LogP contribution in [0.4, 0.5) is 5.69 Å². The molecule has 0 aliphatic rings. The number of anilines is 1.